The van der Waals surface area contributed by atoms with Crippen LogP contribution in [0.2, 0.25) is 0 Å². The van der Waals surface area contributed by atoms with Crippen LogP contribution in [0.25, 0.3) is 0 Å². The summed E-state index contributed by atoms with van der Waals surface area (Å²) in [7, 11) is 0. The van der Waals surface area contributed by atoms with Crippen LogP contribution in [0.3, 0.4) is 0 Å². The van der Waals surface area contributed by atoms with Crippen molar-refractivity contribution in [2.75, 3.05) is 19.6 Å². The van der Waals surface area contributed by atoms with Gasteiger partial charge in [0.25, 0.3) is 5.91 Å². The highest BCUT2D eigenvalue weighted by molar-refractivity contribution is 5.92. The highest BCUT2D eigenvalue weighted by Crippen LogP contribution is 2.18. The molecule has 0 radical (unpaired) electrons. The smallest absolute Gasteiger partial charge is 0.289 e. The van der Waals surface area contributed by atoms with Gasteiger partial charge in [-0.15, -0.1) is 0 Å². The van der Waals surface area contributed by atoms with Crippen molar-refractivity contribution in [2.45, 2.75) is 32.9 Å². The topological polar surface area (TPSA) is 78.6 Å². The number of β-amino-alcohol motifs (C(OH)–C–C–N with tert-alkyl or cyclic N) is 1. The molecule has 0 spiro atoms. The number of fused-ring (bicyclic) bond motifs is 1. The summed E-state index contributed by atoms with van der Waals surface area (Å²) in [5, 5.41) is 12.9. The number of benzene rings is 1. The van der Waals surface area contributed by atoms with Gasteiger partial charge < -0.3 is 14.8 Å². The molecule has 1 amide bonds. The third-order valence-electron chi connectivity index (χ3n) is 4.29. The van der Waals surface area contributed by atoms with Crippen LogP contribution in [-0.2, 0) is 13.0 Å². The van der Waals surface area contributed by atoms with Gasteiger partial charge in [0.15, 0.2) is 5.89 Å². The van der Waals surface area contributed by atoms with E-state index in [1.165, 1.54) is 11.1 Å². The van der Waals surface area contributed by atoms with Crippen LogP contribution in [0, 0.1) is 13.8 Å². The number of aliphatic hydroxyl groups is 1. The number of nitrogens with zero attached hydrogens (tertiary/aromatic N) is 2. The summed E-state index contributed by atoms with van der Waals surface area (Å²) in [4.78, 5) is 18.4. The van der Waals surface area contributed by atoms with E-state index >= 15 is 0 Å². The number of aryl methyl sites for hydroxylation is 2. The first kappa shape index (κ1) is 16.7. The molecule has 0 unspecified atom stereocenters. The fourth-order valence-electron chi connectivity index (χ4n) is 3.11. The van der Waals surface area contributed by atoms with Gasteiger partial charge in [-0.25, -0.2) is 4.98 Å². The number of nitrogens with one attached hydrogen (secondary N) is 1. The van der Waals surface area contributed by atoms with Crippen LogP contribution in [0.5, 0.6) is 0 Å². The molecule has 2 aromatic rings. The largest absolute Gasteiger partial charge is 0.436 e. The molecule has 24 heavy (non-hydrogen) atoms. The zero-order chi connectivity index (χ0) is 17.1. The molecule has 1 aliphatic heterocycles. The molecule has 0 bridgehead atoms. The van der Waals surface area contributed by atoms with Gasteiger partial charge in [0.05, 0.1) is 11.8 Å². The van der Waals surface area contributed by atoms with Crippen LogP contribution in [0.15, 0.2) is 28.7 Å². The summed E-state index contributed by atoms with van der Waals surface area (Å²) in [6, 6.07) is 8.39. The first-order chi connectivity index (χ1) is 11.5. The van der Waals surface area contributed by atoms with Gasteiger partial charge >= 0.3 is 0 Å². The van der Waals surface area contributed by atoms with Crippen molar-refractivity contribution in [2.24, 2.45) is 0 Å². The quantitative estimate of drug-likeness (QED) is 0.868. The Bertz CT molecular complexity index is 726. The number of amides is 1. The number of carbonyl (C=O) groups is 1. The van der Waals surface area contributed by atoms with E-state index in [9.17, 15) is 9.90 Å². The maximum atomic E-state index is 12.1. The fourth-order valence-corrected chi connectivity index (χ4v) is 3.11. The second-order valence-corrected chi connectivity index (χ2v) is 6.27. The van der Waals surface area contributed by atoms with E-state index in [2.05, 4.69) is 33.4 Å². The Balaban J connectivity index is 1.49. The number of oxazole rings is 1. The van der Waals surface area contributed by atoms with Gasteiger partial charge in [0.2, 0.25) is 5.76 Å². The molecule has 2 heterocycles. The van der Waals surface area contributed by atoms with Crippen molar-refractivity contribution in [3.05, 3.63) is 52.7 Å². The molecule has 0 fully saturated rings. The lowest BCUT2D eigenvalue weighted by Crippen LogP contribution is -2.42. The molecule has 3 rings (SSSR count). The normalized spacial score (nSPS) is 15.8. The summed E-state index contributed by atoms with van der Waals surface area (Å²) in [5.74, 6) is 0.341. The van der Waals surface area contributed by atoms with Gasteiger partial charge in [-0.2, -0.15) is 0 Å². The van der Waals surface area contributed by atoms with Crippen molar-refractivity contribution in [1.82, 2.24) is 15.2 Å². The van der Waals surface area contributed by atoms with Crippen LogP contribution < -0.4 is 5.32 Å². The summed E-state index contributed by atoms with van der Waals surface area (Å²) in [6.45, 7) is 5.91. The Morgan fingerprint density at radius 1 is 1.38 bits per heavy atom. The zero-order valence-corrected chi connectivity index (χ0v) is 14.1. The number of hydrogen-bond donors (Lipinski definition) is 2. The molecule has 1 atom stereocenters. The van der Waals surface area contributed by atoms with Gasteiger partial charge in [0, 0.05) is 33.1 Å². The van der Waals surface area contributed by atoms with E-state index in [1.807, 2.05) is 6.07 Å². The average molecular weight is 329 g/mol. The van der Waals surface area contributed by atoms with E-state index in [0.29, 0.717) is 18.1 Å². The maximum absolute atomic E-state index is 12.1. The van der Waals surface area contributed by atoms with Crippen LogP contribution >= 0.6 is 0 Å². The Kier molecular flexibility index (Phi) is 4.97. The lowest BCUT2D eigenvalue weighted by molar-refractivity contribution is 0.0819. The maximum Gasteiger partial charge on any atom is 0.289 e. The van der Waals surface area contributed by atoms with Gasteiger partial charge in [-0.1, -0.05) is 24.3 Å². The Hall–Kier alpha value is -2.18. The number of aliphatic hydroxyl groups excluding tert-OH is 1. The van der Waals surface area contributed by atoms with E-state index in [1.54, 1.807) is 13.8 Å². The molecule has 6 nitrogen and oxygen atoms in total. The fraction of sp³-hybridized carbons (Fsp3) is 0.444. The molecule has 1 aliphatic rings. The lowest BCUT2D eigenvalue weighted by atomic mass is 10.00. The third kappa shape index (κ3) is 3.83. The summed E-state index contributed by atoms with van der Waals surface area (Å²) in [5.41, 5.74) is 3.26. The van der Waals surface area contributed by atoms with Crippen LogP contribution in [-0.4, -0.2) is 46.6 Å². The first-order valence-corrected chi connectivity index (χ1v) is 8.22. The molecule has 0 saturated carbocycles. The molecule has 0 aliphatic carbocycles. The van der Waals surface area contributed by atoms with Gasteiger partial charge in [0.1, 0.15) is 0 Å². The first-order valence-electron chi connectivity index (χ1n) is 8.22. The summed E-state index contributed by atoms with van der Waals surface area (Å²) >= 11 is 0. The molecule has 0 saturated heterocycles. The molecule has 128 valence electrons. The Morgan fingerprint density at radius 2 is 2.12 bits per heavy atom. The van der Waals surface area contributed by atoms with Gasteiger partial charge in [-0.3, -0.25) is 9.69 Å². The highest BCUT2D eigenvalue weighted by Gasteiger charge is 2.20. The molecular formula is C18H23N3O3. The summed E-state index contributed by atoms with van der Waals surface area (Å²) in [6.07, 6.45) is 0.370. The van der Waals surface area contributed by atoms with Crippen molar-refractivity contribution in [1.29, 1.82) is 0 Å². The monoisotopic (exact) mass is 329 g/mol. The second-order valence-electron chi connectivity index (χ2n) is 6.27. The highest BCUT2D eigenvalue weighted by atomic mass is 16.4. The standard InChI is InChI=1S/C18H23N3O3/c1-12-17(24-13(2)20-12)18(23)19-9-16(22)11-21-8-7-14-5-3-4-6-15(14)10-21/h3-6,16,22H,7-11H2,1-2H3,(H,19,23)/t16-/m1/s1. The second kappa shape index (κ2) is 7.15. The van der Waals surface area contributed by atoms with E-state index in [-0.39, 0.29) is 18.2 Å². The van der Waals surface area contributed by atoms with Crippen molar-refractivity contribution < 1.29 is 14.3 Å². The summed E-state index contributed by atoms with van der Waals surface area (Å²) < 4.78 is 5.28. The lowest BCUT2D eigenvalue weighted by Gasteiger charge is -2.30. The van der Waals surface area contributed by atoms with E-state index in [0.717, 1.165) is 19.5 Å². The van der Waals surface area contributed by atoms with E-state index in [4.69, 9.17) is 4.42 Å². The molecule has 1 aromatic heterocycles. The zero-order valence-electron chi connectivity index (χ0n) is 14.1. The predicted octanol–water partition coefficient (Wildman–Crippen LogP) is 1.44. The number of aromatic nitrogens is 1. The molecule has 2 N–H and O–H groups in total. The minimum Gasteiger partial charge on any atom is -0.436 e. The van der Waals surface area contributed by atoms with Crippen molar-refractivity contribution >= 4 is 5.91 Å². The molecule has 6 heteroatoms. The minimum absolute atomic E-state index is 0.191. The van der Waals surface area contributed by atoms with Crippen LogP contribution in [0.4, 0.5) is 0 Å². The Morgan fingerprint density at radius 3 is 2.83 bits per heavy atom. The van der Waals surface area contributed by atoms with Crippen molar-refractivity contribution in [3.8, 4) is 0 Å². The SMILES string of the molecule is Cc1nc(C)c(C(=O)NC[C@@H](O)CN2CCc3ccccc3C2)o1. The minimum atomic E-state index is -0.622. The van der Waals surface area contributed by atoms with E-state index < -0.39 is 6.10 Å². The molecule has 1 aromatic carbocycles. The average Bonchev–Trinajstić information content (AvgIpc) is 2.91. The third-order valence-corrected chi connectivity index (χ3v) is 4.29. The van der Waals surface area contributed by atoms with Crippen LogP contribution in [0.1, 0.15) is 33.3 Å². The van der Waals surface area contributed by atoms with Gasteiger partial charge in [-0.05, 0) is 24.5 Å². The number of carbonyl (C=O) groups excluding carboxylic acids is 1. The molecular weight excluding hydrogens is 306 g/mol. The number of rotatable bonds is 5. The predicted molar refractivity (Wildman–Crippen MR) is 89.7 cm³/mol. The number of hydrogen-bond acceptors (Lipinski definition) is 5. The van der Waals surface area contributed by atoms with Crippen molar-refractivity contribution in [3.63, 3.8) is 0 Å². The Labute approximate surface area is 141 Å².